The third-order valence-electron chi connectivity index (χ3n) is 2.95. The van der Waals surface area contributed by atoms with Crippen LogP contribution < -0.4 is 0 Å². The molecular formula is C15H11ClN2O2. The maximum atomic E-state index is 9.46. The highest BCUT2D eigenvalue weighted by Crippen LogP contribution is 2.27. The highest BCUT2D eigenvalue weighted by molar-refractivity contribution is 6.31. The molecule has 0 aliphatic rings. The third kappa shape index (κ3) is 2.38. The summed E-state index contributed by atoms with van der Waals surface area (Å²) < 4.78 is 5.24. The highest BCUT2D eigenvalue weighted by Gasteiger charge is 2.11. The summed E-state index contributed by atoms with van der Waals surface area (Å²) in [5.41, 5.74) is 2.45. The van der Waals surface area contributed by atoms with Gasteiger partial charge in [-0.2, -0.15) is 4.98 Å². The average Bonchev–Trinajstić information content (AvgIpc) is 2.92. The molecule has 0 aliphatic heterocycles. The Balaban J connectivity index is 1.99. The third-order valence-corrected chi connectivity index (χ3v) is 3.36. The van der Waals surface area contributed by atoms with Crippen LogP contribution in [0.3, 0.4) is 0 Å². The molecule has 5 heteroatoms. The van der Waals surface area contributed by atoms with E-state index in [4.69, 9.17) is 16.1 Å². The van der Waals surface area contributed by atoms with E-state index in [2.05, 4.69) is 10.1 Å². The minimum atomic E-state index is 0.159. The molecule has 20 heavy (non-hydrogen) atoms. The van der Waals surface area contributed by atoms with Gasteiger partial charge in [-0.3, -0.25) is 0 Å². The second kappa shape index (κ2) is 4.98. The van der Waals surface area contributed by atoms with Crippen LogP contribution in [-0.4, -0.2) is 15.2 Å². The smallest absolute Gasteiger partial charge is 0.258 e. The zero-order valence-electron chi connectivity index (χ0n) is 10.7. The maximum absolute atomic E-state index is 9.46. The summed E-state index contributed by atoms with van der Waals surface area (Å²) in [6, 6.07) is 12.3. The fourth-order valence-corrected chi connectivity index (χ4v) is 2.01. The summed E-state index contributed by atoms with van der Waals surface area (Å²) in [6.45, 7) is 1.93. The molecule has 0 aliphatic carbocycles. The molecule has 0 bridgehead atoms. The molecule has 0 atom stereocenters. The molecule has 0 amide bonds. The van der Waals surface area contributed by atoms with Gasteiger partial charge in [0.2, 0.25) is 5.82 Å². The van der Waals surface area contributed by atoms with Crippen molar-refractivity contribution in [1.82, 2.24) is 10.1 Å². The van der Waals surface area contributed by atoms with Crippen LogP contribution in [0.25, 0.3) is 22.8 Å². The van der Waals surface area contributed by atoms with Gasteiger partial charge in [-0.05, 0) is 36.8 Å². The molecule has 1 heterocycles. The Kier molecular flexibility index (Phi) is 3.16. The van der Waals surface area contributed by atoms with Gasteiger partial charge >= 0.3 is 0 Å². The number of aryl methyl sites for hydroxylation is 1. The predicted molar refractivity (Wildman–Crippen MR) is 76.6 cm³/mol. The molecule has 4 nitrogen and oxygen atoms in total. The molecule has 3 rings (SSSR count). The highest BCUT2D eigenvalue weighted by atomic mass is 35.5. The Labute approximate surface area is 120 Å². The van der Waals surface area contributed by atoms with Crippen molar-refractivity contribution in [2.75, 3.05) is 0 Å². The second-order valence-corrected chi connectivity index (χ2v) is 4.84. The second-order valence-electron chi connectivity index (χ2n) is 4.44. The number of nitrogens with zero attached hydrogens (tertiary/aromatic N) is 2. The first-order chi connectivity index (χ1) is 9.63. The van der Waals surface area contributed by atoms with Crippen molar-refractivity contribution >= 4 is 11.6 Å². The van der Waals surface area contributed by atoms with Crippen molar-refractivity contribution in [3.8, 4) is 28.6 Å². The van der Waals surface area contributed by atoms with E-state index in [1.807, 2.05) is 19.1 Å². The standard InChI is InChI=1S/C15H11ClN2O2/c1-9-5-6-11(8-13(9)16)15-17-14(18-20-15)10-3-2-4-12(19)7-10/h2-8,19H,1H3. The minimum absolute atomic E-state index is 0.159. The maximum Gasteiger partial charge on any atom is 0.258 e. The lowest BCUT2D eigenvalue weighted by Crippen LogP contribution is -1.82. The number of aromatic nitrogens is 2. The first-order valence-corrected chi connectivity index (χ1v) is 6.41. The Bertz CT molecular complexity index is 768. The molecule has 1 aromatic heterocycles. The topological polar surface area (TPSA) is 59.2 Å². The van der Waals surface area contributed by atoms with Crippen LogP contribution in [0.1, 0.15) is 5.56 Å². The van der Waals surface area contributed by atoms with Gasteiger partial charge in [-0.15, -0.1) is 0 Å². The van der Waals surface area contributed by atoms with Crippen molar-refractivity contribution in [1.29, 1.82) is 0 Å². The van der Waals surface area contributed by atoms with Crippen LogP contribution in [0.15, 0.2) is 47.0 Å². The first-order valence-electron chi connectivity index (χ1n) is 6.03. The van der Waals surface area contributed by atoms with E-state index in [0.29, 0.717) is 22.3 Å². The number of hydrogen-bond acceptors (Lipinski definition) is 4. The largest absolute Gasteiger partial charge is 0.508 e. The van der Waals surface area contributed by atoms with Crippen LogP contribution in [0.5, 0.6) is 5.75 Å². The summed E-state index contributed by atoms with van der Waals surface area (Å²) in [5, 5.41) is 14.0. The lowest BCUT2D eigenvalue weighted by atomic mass is 10.1. The van der Waals surface area contributed by atoms with Gasteiger partial charge in [-0.1, -0.05) is 35.0 Å². The molecule has 0 spiro atoms. The predicted octanol–water partition coefficient (Wildman–Crippen LogP) is 4.07. The SMILES string of the molecule is Cc1ccc(-c2nc(-c3cccc(O)c3)no2)cc1Cl. The molecule has 0 radical (unpaired) electrons. The van der Waals surface area contributed by atoms with E-state index >= 15 is 0 Å². The van der Waals surface area contributed by atoms with Crippen molar-refractivity contribution in [2.24, 2.45) is 0 Å². The van der Waals surface area contributed by atoms with Gasteiger partial charge in [0.1, 0.15) is 5.75 Å². The summed E-state index contributed by atoms with van der Waals surface area (Å²) >= 11 is 6.09. The summed E-state index contributed by atoms with van der Waals surface area (Å²) in [6.07, 6.45) is 0. The summed E-state index contributed by atoms with van der Waals surface area (Å²) in [5.74, 6) is 0.977. The number of phenols is 1. The van der Waals surface area contributed by atoms with Crippen LogP contribution >= 0.6 is 11.6 Å². The van der Waals surface area contributed by atoms with Gasteiger partial charge in [0.25, 0.3) is 5.89 Å². The molecule has 1 N–H and O–H groups in total. The Morgan fingerprint density at radius 1 is 1.10 bits per heavy atom. The average molecular weight is 287 g/mol. The molecule has 0 fully saturated rings. The van der Waals surface area contributed by atoms with Gasteiger partial charge in [-0.25, -0.2) is 0 Å². The number of benzene rings is 2. The van der Waals surface area contributed by atoms with Crippen molar-refractivity contribution < 1.29 is 9.63 Å². The van der Waals surface area contributed by atoms with E-state index in [1.165, 1.54) is 0 Å². The molecule has 0 unspecified atom stereocenters. The molecule has 3 aromatic rings. The number of halogens is 1. The summed E-state index contributed by atoms with van der Waals surface area (Å²) in [7, 11) is 0. The van der Waals surface area contributed by atoms with Gasteiger partial charge < -0.3 is 9.63 Å². The summed E-state index contributed by atoms with van der Waals surface area (Å²) in [4.78, 5) is 4.32. The zero-order valence-corrected chi connectivity index (χ0v) is 11.4. The lowest BCUT2D eigenvalue weighted by molar-refractivity contribution is 0.432. The Hall–Kier alpha value is -2.33. The van der Waals surface area contributed by atoms with E-state index in [0.717, 1.165) is 11.1 Å². The number of phenolic OH excluding ortho intramolecular Hbond substituents is 1. The fraction of sp³-hybridized carbons (Fsp3) is 0.0667. The monoisotopic (exact) mass is 286 g/mol. The molecule has 0 saturated heterocycles. The molecule has 100 valence electrons. The zero-order chi connectivity index (χ0) is 14.1. The van der Waals surface area contributed by atoms with Crippen LogP contribution in [0, 0.1) is 6.92 Å². The molecule has 0 saturated carbocycles. The van der Waals surface area contributed by atoms with E-state index < -0.39 is 0 Å². The fourth-order valence-electron chi connectivity index (χ4n) is 1.83. The van der Waals surface area contributed by atoms with Crippen LogP contribution in [-0.2, 0) is 0 Å². The van der Waals surface area contributed by atoms with Crippen LogP contribution in [0.2, 0.25) is 5.02 Å². The van der Waals surface area contributed by atoms with Crippen molar-refractivity contribution in [3.05, 3.63) is 53.1 Å². The van der Waals surface area contributed by atoms with E-state index in [-0.39, 0.29) is 5.75 Å². The normalized spacial score (nSPS) is 10.7. The number of hydrogen-bond donors (Lipinski definition) is 1. The van der Waals surface area contributed by atoms with Crippen molar-refractivity contribution in [3.63, 3.8) is 0 Å². The molecule has 2 aromatic carbocycles. The number of rotatable bonds is 2. The Morgan fingerprint density at radius 2 is 1.95 bits per heavy atom. The first kappa shape index (κ1) is 12.7. The van der Waals surface area contributed by atoms with Gasteiger partial charge in [0.05, 0.1) is 0 Å². The Morgan fingerprint density at radius 3 is 2.70 bits per heavy atom. The van der Waals surface area contributed by atoms with Gasteiger partial charge in [0.15, 0.2) is 0 Å². The van der Waals surface area contributed by atoms with E-state index in [9.17, 15) is 5.11 Å². The van der Waals surface area contributed by atoms with E-state index in [1.54, 1.807) is 30.3 Å². The van der Waals surface area contributed by atoms with Crippen LogP contribution in [0.4, 0.5) is 0 Å². The quantitative estimate of drug-likeness (QED) is 0.771. The van der Waals surface area contributed by atoms with Gasteiger partial charge in [0, 0.05) is 16.1 Å². The minimum Gasteiger partial charge on any atom is -0.508 e. The van der Waals surface area contributed by atoms with Crippen molar-refractivity contribution in [2.45, 2.75) is 6.92 Å². The molecular weight excluding hydrogens is 276 g/mol. The number of aromatic hydroxyl groups is 1. The lowest BCUT2D eigenvalue weighted by Gasteiger charge is -1.98.